The quantitative estimate of drug-likeness (QED) is 0.666. The molecule has 0 aromatic heterocycles. The molecule has 18 heavy (non-hydrogen) atoms. The van der Waals surface area contributed by atoms with Crippen molar-refractivity contribution < 1.29 is 19.4 Å². The highest BCUT2D eigenvalue weighted by atomic mass is 16.5. The lowest BCUT2D eigenvalue weighted by molar-refractivity contribution is -0.139. The second-order valence-corrected chi connectivity index (χ2v) is 3.55. The number of aliphatic hydroxyl groups excluding tert-OH is 1. The maximum Gasteiger partial charge on any atom is 0.325 e. The van der Waals surface area contributed by atoms with Gasteiger partial charge in [-0.1, -0.05) is 12.1 Å². The standard InChI is InChI=1S/C12H16N2O4/c1-18-11(16)8-13-12(17)14-10-4-2-9(3-5-10)6-7-15/h2-5,15H,6-8H2,1H3,(H2,13,14,17). The molecule has 0 radical (unpaired) electrons. The summed E-state index contributed by atoms with van der Waals surface area (Å²) in [5.74, 6) is -0.511. The Labute approximate surface area is 105 Å². The molecule has 6 heteroatoms. The largest absolute Gasteiger partial charge is 0.468 e. The highest BCUT2D eigenvalue weighted by Crippen LogP contribution is 2.09. The zero-order chi connectivity index (χ0) is 13.4. The van der Waals surface area contributed by atoms with E-state index in [0.29, 0.717) is 12.1 Å². The molecule has 1 aromatic carbocycles. The van der Waals surface area contributed by atoms with Gasteiger partial charge in [0.25, 0.3) is 0 Å². The molecule has 0 bridgehead atoms. The number of esters is 1. The number of benzene rings is 1. The van der Waals surface area contributed by atoms with Gasteiger partial charge in [-0.2, -0.15) is 0 Å². The van der Waals surface area contributed by atoms with Crippen LogP contribution in [0.25, 0.3) is 0 Å². The van der Waals surface area contributed by atoms with E-state index in [9.17, 15) is 9.59 Å². The normalized spacial score (nSPS) is 9.67. The van der Waals surface area contributed by atoms with Crippen molar-refractivity contribution >= 4 is 17.7 Å². The first-order valence-corrected chi connectivity index (χ1v) is 5.47. The monoisotopic (exact) mass is 252 g/mol. The summed E-state index contributed by atoms with van der Waals surface area (Å²) in [5, 5.41) is 13.7. The summed E-state index contributed by atoms with van der Waals surface area (Å²) in [7, 11) is 1.25. The van der Waals surface area contributed by atoms with Crippen molar-refractivity contribution in [2.45, 2.75) is 6.42 Å². The molecule has 0 saturated carbocycles. The summed E-state index contributed by atoms with van der Waals surface area (Å²) in [5.41, 5.74) is 1.59. The average Bonchev–Trinajstić information content (AvgIpc) is 2.38. The van der Waals surface area contributed by atoms with Crippen molar-refractivity contribution in [2.24, 2.45) is 0 Å². The first-order valence-electron chi connectivity index (χ1n) is 5.47. The zero-order valence-corrected chi connectivity index (χ0v) is 10.1. The van der Waals surface area contributed by atoms with Crippen molar-refractivity contribution in [3.8, 4) is 0 Å². The van der Waals surface area contributed by atoms with Gasteiger partial charge in [0.1, 0.15) is 6.54 Å². The number of urea groups is 1. The number of anilines is 1. The average molecular weight is 252 g/mol. The number of aliphatic hydroxyl groups is 1. The van der Waals surface area contributed by atoms with Crippen LogP contribution in [-0.2, 0) is 16.0 Å². The van der Waals surface area contributed by atoms with E-state index in [1.54, 1.807) is 12.1 Å². The van der Waals surface area contributed by atoms with Crippen LogP contribution in [0.3, 0.4) is 0 Å². The van der Waals surface area contributed by atoms with Crippen LogP contribution in [0, 0.1) is 0 Å². The molecular formula is C12H16N2O4. The Hall–Kier alpha value is -2.08. The second-order valence-electron chi connectivity index (χ2n) is 3.55. The fourth-order valence-corrected chi connectivity index (χ4v) is 1.28. The lowest BCUT2D eigenvalue weighted by atomic mass is 10.1. The third-order valence-corrected chi connectivity index (χ3v) is 2.23. The predicted molar refractivity (Wildman–Crippen MR) is 66.3 cm³/mol. The van der Waals surface area contributed by atoms with E-state index in [2.05, 4.69) is 15.4 Å². The molecule has 98 valence electrons. The lowest BCUT2D eigenvalue weighted by Gasteiger charge is -2.07. The SMILES string of the molecule is COC(=O)CNC(=O)Nc1ccc(CCO)cc1. The van der Waals surface area contributed by atoms with Gasteiger partial charge >= 0.3 is 12.0 Å². The van der Waals surface area contributed by atoms with Crippen molar-refractivity contribution in [3.05, 3.63) is 29.8 Å². The summed E-state index contributed by atoms with van der Waals surface area (Å²) < 4.78 is 4.39. The van der Waals surface area contributed by atoms with Gasteiger partial charge in [-0.05, 0) is 24.1 Å². The van der Waals surface area contributed by atoms with Crippen molar-refractivity contribution in [1.82, 2.24) is 5.32 Å². The van der Waals surface area contributed by atoms with Crippen LogP contribution in [0.15, 0.2) is 24.3 Å². The summed E-state index contributed by atoms with van der Waals surface area (Å²) >= 11 is 0. The zero-order valence-electron chi connectivity index (χ0n) is 10.1. The van der Waals surface area contributed by atoms with Gasteiger partial charge in [0.15, 0.2) is 0 Å². The highest BCUT2D eigenvalue weighted by Gasteiger charge is 2.04. The van der Waals surface area contributed by atoms with Gasteiger partial charge in [0.2, 0.25) is 0 Å². The molecule has 2 amide bonds. The minimum Gasteiger partial charge on any atom is -0.468 e. The molecule has 1 rings (SSSR count). The van der Waals surface area contributed by atoms with E-state index in [-0.39, 0.29) is 13.2 Å². The number of carbonyl (C=O) groups excluding carboxylic acids is 2. The summed E-state index contributed by atoms with van der Waals surface area (Å²) in [6, 6.07) is 6.60. The smallest absolute Gasteiger partial charge is 0.325 e. The maximum atomic E-state index is 11.4. The number of hydrogen-bond donors (Lipinski definition) is 3. The van der Waals surface area contributed by atoms with Crippen LogP contribution in [0.2, 0.25) is 0 Å². The predicted octanol–water partition coefficient (Wildman–Crippen LogP) is 0.516. The van der Waals surface area contributed by atoms with E-state index in [4.69, 9.17) is 5.11 Å². The van der Waals surface area contributed by atoms with Crippen LogP contribution in [0.1, 0.15) is 5.56 Å². The summed E-state index contributed by atoms with van der Waals surface area (Å²) in [6.07, 6.45) is 0.578. The van der Waals surface area contributed by atoms with Gasteiger partial charge in [-0.15, -0.1) is 0 Å². The first-order chi connectivity index (χ1) is 8.65. The van der Waals surface area contributed by atoms with Crippen molar-refractivity contribution in [3.63, 3.8) is 0 Å². The number of amides is 2. The van der Waals surface area contributed by atoms with E-state index in [0.717, 1.165) is 5.56 Å². The number of nitrogens with one attached hydrogen (secondary N) is 2. The number of ether oxygens (including phenoxy) is 1. The van der Waals surface area contributed by atoms with E-state index in [1.807, 2.05) is 12.1 Å². The van der Waals surface area contributed by atoms with Gasteiger partial charge in [0.05, 0.1) is 7.11 Å². The minimum atomic E-state index is -0.511. The third kappa shape index (κ3) is 4.84. The number of hydrogen-bond acceptors (Lipinski definition) is 4. The topological polar surface area (TPSA) is 87.7 Å². The lowest BCUT2D eigenvalue weighted by Crippen LogP contribution is -2.33. The molecule has 1 aromatic rings. The molecule has 0 aliphatic rings. The molecular weight excluding hydrogens is 236 g/mol. The van der Waals surface area contributed by atoms with Gasteiger partial charge < -0.3 is 20.5 Å². The van der Waals surface area contributed by atoms with Crippen molar-refractivity contribution in [2.75, 3.05) is 25.6 Å². The van der Waals surface area contributed by atoms with Gasteiger partial charge in [-0.3, -0.25) is 4.79 Å². The van der Waals surface area contributed by atoms with Gasteiger partial charge in [-0.25, -0.2) is 4.79 Å². The Morgan fingerprint density at radius 1 is 1.28 bits per heavy atom. The fraction of sp³-hybridized carbons (Fsp3) is 0.333. The Balaban J connectivity index is 2.42. The van der Waals surface area contributed by atoms with E-state index in [1.165, 1.54) is 7.11 Å². The molecule has 3 N–H and O–H groups in total. The Morgan fingerprint density at radius 2 is 1.94 bits per heavy atom. The molecule has 0 heterocycles. The van der Waals surface area contributed by atoms with Gasteiger partial charge in [0, 0.05) is 12.3 Å². The molecule has 0 saturated heterocycles. The third-order valence-electron chi connectivity index (χ3n) is 2.23. The Morgan fingerprint density at radius 3 is 2.50 bits per heavy atom. The molecule has 0 fully saturated rings. The van der Waals surface area contributed by atoms with Crippen LogP contribution in [0.4, 0.5) is 10.5 Å². The molecule has 0 aliphatic carbocycles. The molecule has 0 atom stereocenters. The minimum absolute atomic E-state index is 0.0897. The number of methoxy groups -OCH3 is 1. The van der Waals surface area contributed by atoms with Crippen LogP contribution in [-0.4, -0.2) is 37.4 Å². The fourth-order valence-electron chi connectivity index (χ4n) is 1.28. The molecule has 6 nitrogen and oxygen atoms in total. The number of carbonyl (C=O) groups is 2. The molecule has 0 aliphatic heterocycles. The van der Waals surface area contributed by atoms with Crippen LogP contribution >= 0.6 is 0 Å². The highest BCUT2D eigenvalue weighted by molar-refractivity contribution is 5.91. The van der Waals surface area contributed by atoms with Crippen molar-refractivity contribution in [1.29, 1.82) is 0 Å². The summed E-state index contributed by atoms with van der Waals surface area (Å²) in [4.78, 5) is 22.2. The van der Waals surface area contributed by atoms with E-state index < -0.39 is 12.0 Å². The molecule has 0 unspecified atom stereocenters. The second kappa shape index (κ2) is 7.29. The first kappa shape index (κ1) is 14.0. The number of rotatable bonds is 5. The Bertz CT molecular complexity index is 403. The van der Waals surface area contributed by atoms with E-state index >= 15 is 0 Å². The maximum absolute atomic E-state index is 11.4. The molecule has 0 spiro atoms. The Kier molecular flexibility index (Phi) is 5.66. The van der Waals surface area contributed by atoms with Crippen LogP contribution in [0.5, 0.6) is 0 Å². The summed E-state index contributed by atoms with van der Waals surface area (Å²) in [6.45, 7) is -0.0860. The van der Waals surface area contributed by atoms with Crippen LogP contribution < -0.4 is 10.6 Å².